The predicted molar refractivity (Wildman–Crippen MR) is 116 cm³/mol. The average molecular weight is 447 g/mol. The van der Waals surface area contributed by atoms with Crippen molar-refractivity contribution in [2.24, 2.45) is 0 Å². The first-order valence-electron chi connectivity index (χ1n) is 10.3. The molecule has 5 nitrogen and oxygen atoms in total. The maximum atomic E-state index is 12.3. The van der Waals surface area contributed by atoms with Crippen molar-refractivity contribution >= 4 is 29.1 Å². The molecule has 2 aromatic carbocycles. The molecule has 2 bridgehead atoms. The van der Waals surface area contributed by atoms with Crippen LogP contribution in [0.4, 0.5) is 0 Å². The van der Waals surface area contributed by atoms with E-state index >= 15 is 0 Å². The van der Waals surface area contributed by atoms with Crippen LogP contribution in [-0.2, 0) is 4.79 Å². The number of carbonyl (C=O) groups excluding carboxylic acids is 1. The number of ether oxygens (including phenoxy) is 2. The third-order valence-corrected chi connectivity index (χ3v) is 7.03. The van der Waals surface area contributed by atoms with Gasteiger partial charge in [-0.2, -0.15) is 0 Å². The quantitative estimate of drug-likeness (QED) is 0.687. The highest BCUT2D eigenvalue weighted by atomic mass is 35.5. The number of hydrogen-bond acceptors (Lipinski definition) is 4. The van der Waals surface area contributed by atoms with Gasteiger partial charge in [-0.3, -0.25) is 9.69 Å². The molecule has 158 valence electrons. The van der Waals surface area contributed by atoms with Gasteiger partial charge in [0.15, 0.2) is 6.61 Å². The fourth-order valence-corrected chi connectivity index (χ4v) is 5.43. The van der Waals surface area contributed by atoms with Crippen molar-refractivity contribution < 1.29 is 14.3 Å². The van der Waals surface area contributed by atoms with Gasteiger partial charge in [0, 0.05) is 34.2 Å². The van der Waals surface area contributed by atoms with Crippen molar-refractivity contribution in [1.82, 2.24) is 10.2 Å². The number of halogens is 2. The van der Waals surface area contributed by atoms with E-state index in [1.165, 1.54) is 0 Å². The summed E-state index contributed by atoms with van der Waals surface area (Å²) >= 11 is 11.8. The van der Waals surface area contributed by atoms with Crippen LogP contribution in [0.2, 0.25) is 10.0 Å². The number of likely N-dealkylation sites (tertiary alicyclic amines) is 1. The highest BCUT2D eigenvalue weighted by Crippen LogP contribution is 2.64. The second-order valence-electron chi connectivity index (χ2n) is 8.75. The molecule has 6 rings (SSSR count). The lowest BCUT2D eigenvalue weighted by atomic mass is 9.43. The minimum absolute atomic E-state index is 0.0249. The Kier molecular flexibility index (Phi) is 5.08. The van der Waals surface area contributed by atoms with Gasteiger partial charge in [-0.1, -0.05) is 23.2 Å². The van der Waals surface area contributed by atoms with Gasteiger partial charge in [-0.15, -0.1) is 0 Å². The zero-order valence-corrected chi connectivity index (χ0v) is 18.1. The van der Waals surface area contributed by atoms with Crippen molar-refractivity contribution in [3.8, 4) is 11.5 Å². The summed E-state index contributed by atoms with van der Waals surface area (Å²) in [6, 6.07) is 14.6. The van der Waals surface area contributed by atoms with E-state index in [0.29, 0.717) is 10.8 Å². The van der Waals surface area contributed by atoms with E-state index in [1.54, 1.807) is 24.3 Å². The number of hydrogen-bond donors (Lipinski definition) is 1. The maximum absolute atomic E-state index is 12.3. The number of nitrogens with zero attached hydrogens (tertiary/aromatic N) is 1. The van der Waals surface area contributed by atoms with Crippen LogP contribution >= 0.6 is 23.2 Å². The second-order valence-corrected chi connectivity index (χ2v) is 9.63. The van der Waals surface area contributed by atoms with Crippen LogP contribution in [-0.4, -0.2) is 47.7 Å². The van der Waals surface area contributed by atoms with Crippen molar-refractivity contribution in [1.29, 1.82) is 0 Å². The standard InChI is InChI=1S/C23H24Cl2N2O3/c24-16-1-5-18(6-2-16)29-12-21(28)26-22-13-23(14-22,15-22)27-10-9-20(11-27)30-19-7-3-17(25)4-8-19/h1-8,20H,9-15H2,(H,26,28)/t20-,22?,23?/m1/s1. The number of amides is 1. The normalized spacial score (nSPS) is 29.6. The zero-order valence-electron chi connectivity index (χ0n) is 16.6. The Bertz CT molecular complexity index is 913. The molecule has 1 N–H and O–H groups in total. The molecule has 30 heavy (non-hydrogen) atoms. The second kappa shape index (κ2) is 7.63. The molecule has 1 heterocycles. The number of nitrogens with one attached hydrogen (secondary N) is 1. The van der Waals surface area contributed by atoms with Gasteiger partial charge in [-0.25, -0.2) is 0 Å². The fourth-order valence-electron chi connectivity index (χ4n) is 5.17. The average Bonchev–Trinajstić information content (AvgIpc) is 3.13. The summed E-state index contributed by atoms with van der Waals surface area (Å²) in [5, 5.41) is 4.55. The summed E-state index contributed by atoms with van der Waals surface area (Å²) < 4.78 is 11.7. The van der Waals surface area contributed by atoms with Crippen molar-refractivity contribution in [3.63, 3.8) is 0 Å². The molecule has 0 unspecified atom stereocenters. The number of benzene rings is 2. The Morgan fingerprint density at radius 1 is 1.00 bits per heavy atom. The van der Waals surface area contributed by atoms with E-state index < -0.39 is 0 Å². The van der Waals surface area contributed by atoms with Gasteiger partial charge in [0.2, 0.25) is 0 Å². The number of rotatable bonds is 7. The Morgan fingerprint density at radius 3 is 2.23 bits per heavy atom. The summed E-state index contributed by atoms with van der Waals surface area (Å²) in [6.45, 7) is 2.01. The summed E-state index contributed by atoms with van der Waals surface area (Å²) in [7, 11) is 0. The molecule has 7 heteroatoms. The van der Waals surface area contributed by atoms with Crippen LogP contribution in [0, 0.1) is 0 Å². The zero-order chi connectivity index (χ0) is 20.8. The maximum Gasteiger partial charge on any atom is 0.258 e. The highest BCUT2D eigenvalue weighted by Gasteiger charge is 2.71. The van der Waals surface area contributed by atoms with Crippen LogP contribution in [0.5, 0.6) is 11.5 Å². The predicted octanol–water partition coefficient (Wildman–Crippen LogP) is 4.32. The lowest BCUT2D eigenvalue weighted by Gasteiger charge is -2.73. The van der Waals surface area contributed by atoms with Crippen LogP contribution in [0.25, 0.3) is 0 Å². The van der Waals surface area contributed by atoms with Gasteiger partial charge in [0.05, 0.1) is 0 Å². The summed E-state index contributed by atoms with van der Waals surface area (Å²) in [5.41, 5.74) is 0.192. The molecule has 1 aliphatic heterocycles. The molecule has 1 amide bonds. The molecule has 0 spiro atoms. The molecule has 2 aromatic rings. The molecule has 3 saturated carbocycles. The Morgan fingerprint density at radius 2 is 1.60 bits per heavy atom. The monoisotopic (exact) mass is 446 g/mol. The molecule has 0 aromatic heterocycles. The third kappa shape index (κ3) is 3.86. The topological polar surface area (TPSA) is 50.8 Å². The Balaban J connectivity index is 1.06. The van der Waals surface area contributed by atoms with E-state index in [4.69, 9.17) is 32.7 Å². The molecule has 0 radical (unpaired) electrons. The minimum Gasteiger partial charge on any atom is -0.489 e. The summed E-state index contributed by atoms with van der Waals surface area (Å²) in [5.74, 6) is 1.45. The fraction of sp³-hybridized carbons (Fsp3) is 0.435. The van der Waals surface area contributed by atoms with E-state index in [2.05, 4.69) is 10.2 Å². The van der Waals surface area contributed by atoms with E-state index in [-0.39, 0.29) is 29.7 Å². The van der Waals surface area contributed by atoms with E-state index in [1.807, 2.05) is 24.3 Å². The van der Waals surface area contributed by atoms with E-state index in [9.17, 15) is 4.79 Å². The van der Waals surface area contributed by atoms with Crippen molar-refractivity contribution in [3.05, 3.63) is 58.6 Å². The van der Waals surface area contributed by atoms with Gasteiger partial charge in [0.1, 0.15) is 17.6 Å². The Labute approximate surface area is 186 Å². The molecule has 1 saturated heterocycles. The molecule has 3 aliphatic carbocycles. The minimum atomic E-state index is -0.0661. The Hall–Kier alpha value is -1.95. The molecule has 4 aliphatic rings. The van der Waals surface area contributed by atoms with Crippen LogP contribution in [0.15, 0.2) is 48.5 Å². The first-order chi connectivity index (χ1) is 14.4. The molecular formula is C23H24Cl2N2O3. The molecule has 1 atom stereocenters. The summed E-state index contributed by atoms with van der Waals surface area (Å²) in [4.78, 5) is 14.9. The SMILES string of the molecule is O=C(COc1ccc(Cl)cc1)NC12CC(N3CC[C@@H](Oc4ccc(Cl)cc4)C3)(C1)C2. The van der Waals surface area contributed by atoms with Gasteiger partial charge in [-0.05, 0) is 74.2 Å². The lowest BCUT2D eigenvalue weighted by Crippen LogP contribution is -2.83. The van der Waals surface area contributed by atoms with E-state index in [0.717, 1.165) is 49.5 Å². The van der Waals surface area contributed by atoms with Crippen LogP contribution in [0.3, 0.4) is 0 Å². The van der Waals surface area contributed by atoms with Crippen molar-refractivity contribution in [2.45, 2.75) is 42.9 Å². The third-order valence-electron chi connectivity index (χ3n) is 6.52. The molecular weight excluding hydrogens is 423 g/mol. The van der Waals surface area contributed by atoms with Crippen molar-refractivity contribution in [2.75, 3.05) is 19.7 Å². The van der Waals surface area contributed by atoms with Gasteiger partial charge in [0.25, 0.3) is 5.91 Å². The van der Waals surface area contributed by atoms with Gasteiger partial charge < -0.3 is 14.8 Å². The number of carbonyl (C=O) groups is 1. The van der Waals surface area contributed by atoms with Crippen LogP contribution in [0.1, 0.15) is 25.7 Å². The summed E-state index contributed by atoms with van der Waals surface area (Å²) in [6.07, 6.45) is 4.28. The first kappa shape index (κ1) is 20.0. The van der Waals surface area contributed by atoms with Gasteiger partial charge >= 0.3 is 0 Å². The first-order valence-corrected chi connectivity index (χ1v) is 11.1. The lowest BCUT2D eigenvalue weighted by molar-refractivity contribution is -0.179. The van der Waals surface area contributed by atoms with Crippen LogP contribution < -0.4 is 14.8 Å². The highest BCUT2D eigenvalue weighted by molar-refractivity contribution is 6.30. The molecule has 4 fully saturated rings. The largest absolute Gasteiger partial charge is 0.489 e. The smallest absolute Gasteiger partial charge is 0.258 e.